The fourth-order valence-corrected chi connectivity index (χ4v) is 3.77. The van der Waals surface area contributed by atoms with E-state index in [1.807, 2.05) is 37.3 Å². The molecule has 0 aliphatic heterocycles. The molecule has 0 amide bonds. The smallest absolute Gasteiger partial charge is 0.254 e. The van der Waals surface area contributed by atoms with Crippen LogP contribution in [0, 0.1) is 11.3 Å². The van der Waals surface area contributed by atoms with Crippen LogP contribution >= 0.6 is 0 Å². The summed E-state index contributed by atoms with van der Waals surface area (Å²) in [6, 6.07) is 0. The van der Waals surface area contributed by atoms with Crippen molar-refractivity contribution in [1.29, 1.82) is 0 Å². The van der Waals surface area contributed by atoms with E-state index in [0.717, 1.165) is 47.3 Å². The largest absolute Gasteiger partial charge is 0.498 e. The Kier molecular flexibility index (Phi) is 5.94. The number of hydrogen-bond acceptors (Lipinski definition) is 5. The Bertz CT molecular complexity index is 1050. The third-order valence-electron chi connectivity index (χ3n) is 5.62. The summed E-state index contributed by atoms with van der Waals surface area (Å²) in [5.74, 6) is 2.47. The van der Waals surface area contributed by atoms with Gasteiger partial charge in [-0.15, -0.1) is 0 Å². The molecule has 1 aromatic heterocycles. The van der Waals surface area contributed by atoms with E-state index in [2.05, 4.69) is 43.1 Å². The molecule has 3 aliphatic carbocycles. The topological polar surface area (TPSA) is 65.2 Å². The van der Waals surface area contributed by atoms with Crippen molar-refractivity contribution in [3.8, 4) is 0 Å². The molecular weight excluding hydrogens is 388 g/mol. The molecule has 0 radical (unpaired) electrons. The lowest BCUT2D eigenvalue weighted by Crippen LogP contribution is -2.12. The predicted molar refractivity (Wildman–Crippen MR) is 122 cm³/mol. The second-order valence-corrected chi connectivity index (χ2v) is 9.21. The molecule has 0 atom stereocenters. The Morgan fingerprint density at radius 3 is 2.65 bits per heavy atom. The van der Waals surface area contributed by atoms with Gasteiger partial charge in [-0.3, -0.25) is 4.79 Å². The van der Waals surface area contributed by atoms with Gasteiger partial charge >= 0.3 is 0 Å². The number of rotatable bonds is 6. The molecule has 3 aliphatic rings. The van der Waals surface area contributed by atoms with Gasteiger partial charge in [0, 0.05) is 29.1 Å². The van der Waals surface area contributed by atoms with Gasteiger partial charge in [0.25, 0.3) is 5.89 Å². The van der Waals surface area contributed by atoms with Crippen LogP contribution in [0.5, 0.6) is 0 Å². The first-order valence-electron chi connectivity index (χ1n) is 11.1. The van der Waals surface area contributed by atoms with E-state index in [1.54, 1.807) is 0 Å². The molecule has 0 aromatic carbocycles. The maximum Gasteiger partial charge on any atom is 0.254 e. The summed E-state index contributed by atoms with van der Waals surface area (Å²) in [5, 5.41) is 4.25. The summed E-state index contributed by atoms with van der Waals surface area (Å²) >= 11 is 0. The zero-order valence-electron chi connectivity index (χ0n) is 18.8. The minimum atomic E-state index is -0.0712. The summed E-state index contributed by atoms with van der Waals surface area (Å²) in [6.45, 7) is 9.18. The van der Waals surface area contributed by atoms with Gasteiger partial charge < -0.3 is 9.26 Å². The Hall–Kier alpha value is -2.95. The zero-order valence-corrected chi connectivity index (χ0v) is 18.8. The van der Waals surface area contributed by atoms with Crippen molar-refractivity contribution in [2.24, 2.45) is 11.3 Å². The fourth-order valence-electron chi connectivity index (χ4n) is 3.77. The van der Waals surface area contributed by atoms with Crippen molar-refractivity contribution in [1.82, 2.24) is 10.1 Å². The van der Waals surface area contributed by atoms with Crippen LogP contribution in [0.15, 0.2) is 64.0 Å². The van der Waals surface area contributed by atoms with E-state index in [4.69, 9.17) is 9.26 Å². The summed E-state index contributed by atoms with van der Waals surface area (Å²) in [5.41, 5.74) is 3.64. The Balaban J connectivity index is 1.62. The molecular formula is C26H30N2O3. The maximum absolute atomic E-state index is 12.4. The molecule has 5 heteroatoms. The van der Waals surface area contributed by atoms with E-state index in [-0.39, 0.29) is 17.1 Å². The molecule has 0 saturated heterocycles. The summed E-state index contributed by atoms with van der Waals surface area (Å²) in [6.07, 6.45) is 17.3. The van der Waals surface area contributed by atoms with Gasteiger partial charge in [0.15, 0.2) is 5.78 Å². The molecule has 1 fully saturated rings. The highest BCUT2D eigenvalue weighted by atomic mass is 16.5. The van der Waals surface area contributed by atoms with Gasteiger partial charge in [0.1, 0.15) is 5.76 Å². The van der Waals surface area contributed by atoms with Crippen LogP contribution in [0.1, 0.15) is 65.1 Å². The van der Waals surface area contributed by atoms with Crippen molar-refractivity contribution < 1.29 is 14.1 Å². The van der Waals surface area contributed by atoms with Crippen molar-refractivity contribution >= 4 is 16.9 Å². The zero-order chi connectivity index (χ0) is 22.0. The molecule has 31 heavy (non-hydrogen) atoms. The van der Waals surface area contributed by atoms with E-state index in [1.165, 1.54) is 0 Å². The van der Waals surface area contributed by atoms with Crippen LogP contribution in [-0.4, -0.2) is 22.5 Å². The van der Waals surface area contributed by atoms with E-state index >= 15 is 0 Å². The van der Waals surface area contributed by atoms with E-state index in [9.17, 15) is 4.79 Å². The fraction of sp³-hybridized carbons (Fsp3) is 0.423. The van der Waals surface area contributed by atoms with Gasteiger partial charge in [-0.1, -0.05) is 62.4 Å². The molecule has 0 spiro atoms. The van der Waals surface area contributed by atoms with Gasteiger partial charge in [0.05, 0.1) is 6.61 Å². The summed E-state index contributed by atoms with van der Waals surface area (Å²) in [7, 11) is 0. The lowest BCUT2D eigenvalue weighted by molar-refractivity contribution is -0.116. The number of ether oxygens (including phenoxy) is 1. The van der Waals surface area contributed by atoms with E-state index in [0.29, 0.717) is 24.7 Å². The van der Waals surface area contributed by atoms with Gasteiger partial charge in [-0.25, -0.2) is 0 Å². The highest BCUT2D eigenvalue weighted by molar-refractivity contribution is 6.01. The third kappa shape index (κ3) is 4.87. The van der Waals surface area contributed by atoms with Crippen molar-refractivity contribution in [2.45, 2.75) is 53.4 Å². The van der Waals surface area contributed by atoms with Gasteiger partial charge in [-0.2, -0.15) is 4.98 Å². The molecule has 0 bridgehead atoms. The molecule has 5 nitrogen and oxygen atoms in total. The van der Waals surface area contributed by atoms with Crippen LogP contribution < -0.4 is 0 Å². The van der Waals surface area contributed by atoms with E-state index < -0.39 is 0 Å². The number of carbonyl (C=O) groups excluding carboxylic acids is 1. The summed E-state index contributed by atoms with van der Waals surface area (Å²) < 4.78 is 11.5. The Morgan fingerprint density at radius 1 is 1.16 bits per heavy atom. The number of allylic oxidation sites excluding steroid dienone is 11. The molecule has 0 unspecified atom stereocenters. The van der Waals surface area contributed by atoms with Gasteiger partial charge in [0.2, 0.25) is 5.82 Å². The Morgan fingerprint density at radius 2 is 1.94 bits per heavy atom. The first-order valence-corrected chi connectivity index (χ1v) is 11.1. The van der Waals surface area contributed by atoms with Crippen LogP contribution in [0.2, 0.25) is 0 Å². The quantitative estimate of drug-likeness (QED) is 0.567. The van der Waals surface area contributed by atoms with Crippen LogP contribution in [0.3, 0.4) is 0 Å². The number of Topliss-reactive ketones (excluding diaryl/α,β-unsaturated/α-hetero) is 1. The van der Waals surface area contributed by atoms with Gasteiger partial charge in [-0.05, 0) is 43.3 Å². The minimum absolute atomic E-state index is 0.0712. The van der Waals surface area contributed by atoms with Crippen LogP contribution in [0.25, 0.3) is 11.1 Å². The predicted octanol–water partition coefficient (Wildman–Crippen LogP) is 6.00. The van der Waals surface area contributed by atoms with Crippen molar-refractivity contribution in [3.05, 3.63) is 71.2 Å². The maximum atomic E-state index is 12.4. The molecule has 4 rings (SSSR count). The number of nitrogens with zero attached hydrogens (tertiary/aromatic N) is 2. The van der Waals surface area contributed by atoms with Crippen molar-refractivity contribution in [2.75, 3.05) is 6.61 Å². The Labute approximate surface area is 183 Å². The first kappa shape index (κ1) is 21.3. The number of ketones is 1. The molecule has 1 heterocycles. The lowest BCUT2D eigenvalue weighted by atomic mass is 9.84. The minimum Gasteiger partial charge on any atom is -0.498 e. The summed E-state index contributed by atoms with van der Waals surface area (Å²) in [4.78, 5) is 17.0. The highest BCUT2D eigenvalue weighted by Crippen LogP contribution is 2.36. The van der Waals surface area contributed by atoms with Crippen LogP contribution in [-0.2, 0) is 9.53 Å². The SMILES string of the molecule is CCOC1=C(C(C)(C)C)C=C(c2noc(C3=CC=C(C(=O)C4CC4)C=CC3)n2)C=CC1. The first-order chi connectivity index (χ1) is 14.9. The monoisotopic (exact) mass is 418 g/mol. The average Bonchev–Trinajstić information content (AvgIpc) is 3.53. The van der Waals surface area contributed by atoms with Crippen LogP contribution in [0.4, 0.5) is 0 Å². The number of carbonyl (C=O) groups is 1. The highest BCUT2D eigenvalue weighted by Gasteiger charge is 2.31. The average molecular weight is 419 g/mol. The third-order valence-corrected chi connectivity index (χ3v) is 5.62. The molecule has 1 saturated carbocycles. The molecule has 1 aromatic rings. The van der Waals surface area contributed by atoms with Crippen molar-refractivity contribution in [3.63, 3.8) is 0 Å². The molecule has 162 valence electrons. The number of aromatic nitrogens is 2. The lowest BCUT2D eigenvalue weighted by Gasteiger charge is -2.24. The number of hydrogen-bond donors (Lipinski definition) is 0. The second kappa shape index (κ2) is 8.66. The standard InChI is InChI=1S/C26H30N2O3/c1-5-30-22-11-7-10-20(16-21(22)26(2,3)4)24-27-25(31-28-24)19-9-6-8-17(14-15-19)23(29)18-12-13-18/h6-8,10,14-16,18H,5,9,11-13H2,1-4H3. The molecule has 0 N–H and O–H groups in total. The normalized spacial score (nSPS) is 19.4. The second-order valence-electron chi connectivity index (χ2n) is 9.21.